The Balaban J connectivity index is 1.75. The molecule has 1 saturated carbocycles. The third-order valence-corrected chi connectivity index (χ3v) is 5.27. The van der Waals surface area contributed by atoms with Gasteiger partial charge in [0.2, 0.25) is 12.0 Å². The number of carbonyl (C=O) groups is 1. The van der Waals surface area contributed by atoms with E-state index in [4.69, 9.17) is 0 Å². The second-order valence-electron chi connectivity index (χ2n) is 7.27. The lowest BCUT2D eigenvalue weighted by Crippen LogP contribution is -2.36. The van der Waals surface area contributed by atoms with Crippen LogP contribution in [0.3, 0.4) is 0 Å². The average Bonchev–Trinajstić information content (AvgIpc) is 3.03. The fraction of sp³-hybridized carbons (Fsp3) is 0.529. The van der Waals surface area contributed by atoms with Gasteiger partial charge in [-0.1, -0.05) is 13.8 Å². The summed E-state index contributed by atoms with van der Waals surface area (Å²) < 4.78 is 2.48. The Kier molecular flexibility index (Phi) is 3.33. The molecule has 3 atom stereocenters. The number of nitrogens with one attached hydrogen (secondary N) is 2. The van der Waals surface area contributed by atoms with Crippen molar-refractivity contribution in [1.29, 1.82) is 0 Å². The van der Waals surface area contributed by atoms with Crippen LogP contribution in [0.2, 0.25) is 0 Å². The van der Waals surface area contributed by atoms with Crippen molar-refractivity contribution < 1.29 is 9.22 Å². The molecule has 1 fully saturated rings. The number of fused-ring (bicyclic) bond motifs is 3. The average molecular weight is 328 g/mol. The Morgan fingerprint density at radius 2 is 2.25 bits per heavy atom. The first-order chi connectivity index (χ1) is 11.5. The van der Waals surface area contributed by atoms with Crippen LogP contribution in [-0.4, -0.2) is 26.7 Å². The molecule has 0 unspecified atom stereocenters. The van der Waals surface area contributed by atoms with Crippen molar-refractivity contribution in [1.82, 2.24) is 20.1 Å². The number of carbonyl (C=O) groups excluding carboxylic acids is 1. The first kappa shape index (κ1) is 15.1. The monoisotopic (exact) mass is 328 g/mol. The number of nitrogens with zero attached hydrogens (tertiary/aromatic N) is 3. The summed E-state index contributed by atoms with van der Waals surface area (Å²) in [6.07, 6.45) is 6.47. The molecular formula is C17H22N5O2+. The molecule has 0 saturated heterocycles. The molecule has 2 aliphatic rings. The highest BCUT2D eigenvalue weighted by molar-refractivity contribution is 5.94. The lowest BCUT2D eigenvalue weighted by Gasteiger charge is -2.16. The summed E-state index contributed by atoms with van der Waals surface area (Å²) in [5.41, 5.74) is 2.63. The van der Waals surface area contributed by atoms with Gasteiger partial charge < -0.3 is 10.3 Å². The number of hydrogen-bond donors (Lipinski definition) is 2. The minimum atomic E-state index is -0.126. The lowest BCUT2D eigenvalue weighted by atomic mass is 10.1. The Morgan fingerprint density at radius 1 is 1.46 bits per heavy atom. The van der Waals surface area contributed by atoms with Gasteiger partial charge in [-0.3, -0.25) is 4.79 Å². The van der Waals surface area contributed by atoms with E-state index in [1.807, 2.05) is 6.92 Å². The van der Waals surface area contributed by atoms with Gasteiger partial charge in [-0.2, -0.15) is 5.10 Å². The highest BCUT2D eigenvalue weighted by Gasteiger charge is 2.50. The molecule has 4 rings (SSSR count). The van der Waals surface area contributed by atoms with Crippen molar-refractivity contribution in [2.24, 2.45) is 11.8 Å². The number of aromatic nitrogens is 4. The molecule has 7 heteroatoms. The maximum Gasteiger partial charge on any atom is 0.272 e. The zero-order chi connectivity index (χ0) is 17.0. The zero-order valence-electron chi connectivity index (χ0n) is 14.1. The van der Waals surface area contributed by atoms with Crippen LogP contribution in [0.5, 0.6) is 0 Å². The molecule has 0 aromatic carbocycles. The van der Waals surface area contributed by atoms with Gasteiger partial charge in [0, 0.05) is 22.4 Å². The van der Waals surface area contributed by atoms with Crippen LogP contribution in [0.4, 0.5) is 0 Å². The fourth-order valence-electron chi connectivity index (χ4n) is 3.44. The summed E-state index contributed by atoms with van der Waals surface area (Å²) in [6.45, 7) is 6.16. The van der Waals surface area contributed by atoms with E-state index in [-0.39, 0.29) is 11.9 Å². The summed E-state index contributed by atoms with van der Waals surface area (Å²) >= 11 is 0. The minimum Gasteiger partial charge on any atom is -0.348 e. The molecule has 2 aromatic rings. The van der Waals surface area contributed by atoms with Crippen molar-refractivity contribution in [3.05, 3.63) is 40.4 Å². The summed E-state index contributed by atoms with van der Waals surface area (Å²) in [5, 5.41) is 7.59. The van der Waals surface area contributed by atoms with Gasteiger partial charge in [-0.05, 0) is 31.6 Å². The standard InChI is InChI=1S/C17H21N5O2/c1-9(2)10(3)19-17(23)15-13-7-11-6-12(11)16(13)22(20-15)14-8-21(24)5-4-18-14/h4-5,8-12H,6-7H2,1-3H3,(H-,18,19,23,24)/p+1/t10-,11-,12-/m1/s1. The molecule has 2 N–H and O–H groups in total. The summed E-state index contributed by atoms with van der Waals surface area (Å²) in [4.78, 5) is 27.3. The van der Waals surface area contributed by atoms with E-state index in [0.29, 0.717) is 29.3 Å². The van der Waals surface area contributed by atoms with Crippen LogP contribution in [0.15, 0.2) is 18.6 Å². The molecule has 1 amide bonds. The van der Waals surface area contributed by atoms with E-state index in [1.54, 1.807) is 10.9 Å². The first-order valence-electron chi connectivity index (χ1n) is 8.49. The third-order valence-electron chi connectivity index (χ3n) is 5.27. The second-order valence-corrected chi connectivity index (χ2v) is 7.27. The van der Waals surface area contributed by atoms with E-state index in [0.717, 1.165) is 28.5 Å². The Labute approximate surface area is 139 Å². The van der Waals surface area contributed by atoms with Crippen LogP contribution in [0.25, 0.3) is 5.82 Å². The molecular weight excluding hydrogens is 306 g/mol. The van der Waals surface area contributed by atoms with E-state index in [1.165, 1.54) is 12.4 Å². The maximum atomic E-state index is 12.7. The molecule has 126 valence electrons. The number of rotatable bonds is 4. The predicted octanol–water partition coefficient (Wildman–Crippen LogP) is 1.55. The Bertz CT molecular complexity index is 866. The summed E-state index contributed by atoms with van der Waals surface area (Å²) in [7, 11) is 0. The van der Waals surface area contributed by atoms with Crippen molar-refractivity contribution in [3.8, 4) is 5.82 Å². The molecule has 2 aromatic heterocycles. The molecule has 0 aliphatic heterocycles. The van der Waals surface area contributed by atoms with Crippen LogP contribution in [-0.2, 0) is 6.42 Å². The van der Waals surface area contributed by atoms with Crippen molar-refractivity contribution in [3.63, 3.8) is 0 Å². The van der Waals surface area contributed by atoms with Gasteiger partial charge in [-0.25, -0.2) is 4.68 Å². The number of H-pyrrole nitrogens is 1. The maximum absolute atomic E-state index is 12.7. The molecule has 0 bridgehead atoms. The van der Waals surface area contributed by atoms with Gasteiger partial charge in [-0.15, -0.1) is 0 Å². The van der Waals surface area contributed by atoms with Gasteiger partial charge in [0.05, 0.1) is 16.3 Å². The SMILES string of the molecule is CC(C)[C@@H](C)NC(=O)c1nn(-c2c[n+](=O)cc[nH]2)c2c1C[C@H]1C[C@@H]21. The lowest BCUT2D eigenvalue weighted by molar-refractivity contribution is -0.495. The quantitative estimate of drug-likeness (QED) is 0.835. The molecule has 2 aliphatic carbocycles. The van der Waals surface area contributed by atoms with Gasteiger partial charge >= 0.3 is 0 Å². The third kappa shape index (κ3) is 2.35. The minimum absolute atomic E-state index is 0.0846. The van der Waals surface area contributed by atoms with Crippen molar-refractivity contribution >= 4 is 5.91 Å². The first-order valence-corrected chi connectivity index (χ1v) is 8.49. The molecule has 24 heavy (non-hydrogen) atoms. The smallest absolute Gasteiger partial charge is 0.272 e. The number of hydrogen-bond acceptors (Lipinski definition) is 3. The molecule has 7 nitrogen and oxygen atoms in total. The highest BCUT2D eigenvalue weighted by atomic mass is 16.3. The zero-order valence-corrected chi connectivity index (χ0v) is 14.1. The van der Waals surface area contributed by atoms with Gasteiger partial charge in [0.1, 0.15) is 0 Å². The van der Waals surface area contributed by atoms with Crippen molar-refractivity contribution in [2.75, 3.05) is 0 Å². The van der Waals surface area contributed by atoms with Crippen LogP contribution in [0.1, 0.15) is 54.9 Å². The summed E-state index contributed by atoms with van der Waals surface area (Å²) in [5.74, 6) is 1.91. The van der Waals surface area contributed by atoms with Crippen LogP contribution in [0, 0.1) is 16.7 Å². The Hall–Kier alpha value is -2.44. The predicted molar refractivity (Wildman–Crippen MR) is 87.6 cm³/mol. The summed E-state index contributed by atoms with van der Waals surface area (Å²) in [6, 6.07) is 0.0846. The Morgan fingerprint density at radius 3 is 2.96 bits per heavy atom. The highest BCUT2D eigenvalue weighted by Crippen LogP contribution is 2.57. The molecule has 0 spiro atoms. The fourth-order valence-corrected chi connectivity index (χ4v) is 3.44. The van der Waals surface area contributed by atoms with Crippen molar-refractivity contribution in [2.45, 2.75) is 45.6 Å². The van der Waals surface area contributed by atoms with Crippen LogP contribution >= 0.6 is 0 Å². The van der Waals surface area contributed by atoms with Gasteiger partial charge in [0.15, 0.2) is 5.69 Å². The van der Waals surface area contributed by atoms with E-state index < -0.39 is 0 Å². The normalized spacial score (nSPS) is 22.2. The van der Waals surface area contributed by atoms with Crippen LogP contribution < -0.4 is 9.74 Å². The van der Waals surface area contributed by atoms with E-state index >= 15 is 0 Å². The topological polar surface area (TPSA) is 85.7 Å². The van der Waals surface area contributed by atoms with Gasteiger partial charge in [0.25, 0.3) is 12.1 Å². The largest absolute Gasteiger partial charge is 0.348 e. The number of aromatic amines is 1. The second kappa shape index (κ2) is 5.29. The van der Waals surface area contributed by atoms with E-state index in [2.05, 4.69) is 29.2 Å². The molecule has 2 heterocycles. The number of amides is 1. The van der Waals surface area contributed by atoms with E-state index in [9.17, 15) is 9.70 Å². The molecule has 0 radical (unpaired) electrons.